The topological polar surface area (TPSA) is 127 Å². The van der Waals surface area contributed by atoms with Crippen molar-refractivity contribution in [3.05, 3.63) is 47.5 Å². The summed E-state index contributed by atoms with van der Waals surface area (Å²) in [4.78, 5) is 20.2. The van der Waals surface area contributed by atoms with Gasteiger partial charge in [0.25, 0.3) is 5.91 Å². The van der Waals surface area contributed by atoms with E-state index in [1.807, 2.05) is 0 Å². The van der Waals surface area contributed by atoms with Crippen molar-refractivity contribution in [3.63, 3.8) is 0 Å². The van der Waals surface area contributed by atoms with Gasteiger partial charge in [-0.05, 0) is 37.6 Å². The van der Waals surface area contributed by atoms with Gasteiger partial charge in [-0.15, -0.1) is 0 Å². The van der Waals surface area contributed by atoms with Crippen LogP contribution in [0.4, 0.5) is 11.4 Å². The molecule has 1 aromatic heterocycles. The first kappa shape index (κ1) is 16.6. The van der Waals surface area contributed by atoms with Gasteiger partial charge in [0.2, 0.25) is 5.71 Å². The number of hydrogen-bond acceptors (Lipinski definition) is 7. The van der Waals surface area contributed by atoms with Crippen LogP contribution < -0.4 is 10.7 Å². The van der Waals surface area contributed by atoms with Crippen molar-refractivity contribution in [1.29, 1.82) is 10.5 Å². The molecule has 0 aliphatic carbocycles. The van der Waals surface area contributed by atoms with E-state index in [1.165, 1.54) is 12.4 Å². The number of aryl methyl sites for hydroxylation is 2. The molecule has 2 rings (SSSR count). The molecule has 24 heavy (non-hydrogen) atoms. The van der Waals surface area contributed by atoms with E-state index in [9.17, 15) is 4.79 Å². The van der Waals surface area contributed by atoms with E-state index in [2.05, 4.69) is 25.8 Å². The summed E-state index contributed by atoms with van der Waals surface area (Å²) in [5.41, 5.74) is 5.26. The van der Waals surface area contributed by atoms with Crippen molar-refractivity contribution in [2.45, 2.75) is 13.8 Å². The van der Waals surface area contributed by atoms with Gasteiger partial charge in [-0.3, -0.25) is 15.2 Å². The number of amides is 1. The monoisotopic (exact) mass is 319 g/mol. The molecule has 1 aromatic carbocycles. The Bertz CT molecular complexity index is 857. The number of aromatic nitrogens is 2. The molecule has 0 saturated carbocycles. The van der Waals surface area contributed by atoms with Crippen molar-refractivity contribution in [1.82, 2.24) is 9.97 Å². The molecule has 1 amide bonds. The van der Waals surface area contributed by atoms with Crippen LogP contribution >= 0.6 is 0 Å². The van der Waals surface area contributed by atoms with Gasteiger partial charge < -0.3 is 5.32 Å². The fourth-order valence-electron chi connectivity index (χ4n) is 1.77. The minimum atomic E-state index is -0.361. The largest absolute Gasteiger partial charge is 0.320 e. The van der Waals surface area contributed by atoms with Crippen LogP contribution in [-0.4, -0.2) is 21.6 Å². The maximum Gasteiger partial charge on any atom is 0.275 e. The SMILES string of the molecule is Cc1cnc(C(=O)Nc2ccc(NN=C(C#N)C#N)cc2C)cn1. The van der Waals surface area contributed by atoms with Gasteiger partial charge in [-0.25, -0.2) is 4.98 Å². The Morgan fingerprint density at radius 3 is 2.50 bits per heavy atom. The number of benzene rings is 1. The number of nitrogens with zero attached hydrogens (tertiary/aromatic N) is 5. The van der Waals surface area contributed by atoms with E-state index in [1.54, 1.807) is 44.2 Å². The molecule has 2 aromatic rings. The van der Waals surface area contributed by atoms with Gasteiger partial charge in [-0.2, -0.15) is 15.6 Å². The number of nitriles is 2. The van der Waals surface area contributed by atoms with Crippen LogP contribution in [0.25, 0.3) is 0 Å². The van der Waals surface area contributed by atoms with E-state index >= 15 is 0 Å². The highest BCUT2D eigenvalue weighted by atomic mass is 16.1. The summed E-state index contributed by atoms with van der Waals surface area (Å²) in [5.74, 6) is -0.361. The Balaban J connectivity index is 2.11. The molecule has 0 bridgehead atoms. The van der Waals surface area contributed by atoms with Crippen molar-refractivity contribution in [2.75, 3.05) is 10.7 Å². The van der Waals surface area contributed by atoms with Gasteiger partial charge in [0.1, 0.15) is 17.8 Å². The molecule has 8 nitrogen and oxygen atoms in total. The van der Waals surface area contributed by atoms with Gasteiger partial charge in [0, 0.05) is 11.9 Å². The van der Waals surface area contributed by atoms with E-state index in [0.717, 1.165) is 11.3 Å². The van der Waals surface area contributed by atoms with Crippen LogP contribution in [0.15, 0.2) is 35.7 Å². The zero-order valence-corrected chi connectivity index (χ0v) is 13.0. The quantitative estimate of drug-likeness (QED) is 0.656. The lowest BCUT2D eigenvalue weighted by molar-refractivity contribution is 0.102. The Hall–Kier alpha value is -3.78. The smallest absolute Gasteiger partial charge is 0.275 e. The molecule has 0 aliphatic rings. The second kappa shape index (κ2) is 7.47. The van der Waals surface area contributed by atoms with Gasteiger partial charge in [0.05, 0.1) is 17.6 Å². The highest BCUT2D eigenvalue weighted by Gasteiger charge is 2.10. The fraction of sp³-hybridized carbons (Fsp3) is 0.125. The van der Waals surface area contributed by atoms with Crippen LogP contribution in [0.3, 0.4) is 0 Å². The average molecular weight is 319 g/mol. The third-order valence-electron chi connectivity index (χ3n) is 3.00. The molecule has 118 valence electrons. The highest BCUT2D eigenvalue weighted by molar-refractivity contribution is 6.10. The van der Waals surface area contributed by atoms with E-state index in [4.69, 9.17) is 10.5 Å². The standard InChI is InChI=1S/C16H13N7O/c1-10-5-12(22-23-13(6-17)7-18)3-4-14(10)21-16(24)15-9-19-11(2)8-20-15/h3-5,8-9,22H,1-2H3,(H,21,24). The first-order chi connectivity index (χ1) is 11.5. The molecule has 0 spiro atoms. The number of carbonyl (C=O) groups is 1. The third kappa shape index (κ3) is 4.12. The molecule has 0 aliphatic heterocycles. The molecule has 0 unspecified atom stereocenters. The first-order valence-corrected chi connectivity index (χ1v) is 6.88. The third-order valence-corrected chi connectivity index (χ3v) is 3.00. The maximum atomic E-state index is 12.1. The molecule has 0 radical (unpaired) electrons. The Labute approximate surface area is 138 Å². The predicted molar refractivity (Wildman–Crippen MR) is 88.2 cm³/mol. The summed E-state index contributed by atoms with van der Waals surface area (Å²) < 4.78 is 0. The zero-order chi connectivity index (χ0) is 17.5. The first-order valence-electron chi connectivity index (χ1n) is 6.88. The number of hydrazone groups is 1. The molecule has 8 heteroatoms. The minimum Gasteiger partial charge on any atom is -0.320 e. The highest BCUT2D eigenvalue weighted by Crippen LogP contribution is 2.20. The number of hydrogen-bond donors (Lipinski definition) is 2. The normalized spacial score (nSPS) is 9.33. The second-order valence-electron chi connectivity index (χ2n) is 4.82. The lowest BCUT2D eigenvalue weighted by Gasteiger charge is -2.09. The summed E-state index contributed by atoms with van der Waals surface area (Å²) in [7, 11) is 0. The lowest BCUT2D eigenvalue weighted by atomic mass is 10.1. The van der Waals surface area contributed by atoms with Crippen LogP contribution in [0.2, 0.25) is 0 Å². The Morgan fingerprint density at radius 1 is 1.17 bits per heavy atom. The van der Waals surface area contributed by atoms with Crippen molar-refractivity contribution >= 4 is 23.0 Å². The van der Waals surface area contributed by atoms with E-state index in [-0.39, 0.29) is 17.3 Å². The number of carbonyl (C=O) groups excluding carboxylic acids is 1. The van der Waals surface area contributed by atoms with Gasteiger partial charge in [-0.1, -0.05) is 0 Å². The molecule has 0 fully saturated rings. The summed E-state index contributed by atoms with van der Waals surface area (Å²) in [5, 5.41) is 23.7. The number of nitrogens with one attached hydrogen (secondary N) is 2. The van der Waals surface area contributed by atoms with Crippen molar-refractivity contribution < 1.29 is 4.79 Å². The summed E-state index contributed by atoms with van der Waals surface area (Å²) in [6, 6.07) is 8.39. The Morgan fingerprint density at radius 2 is 1.92 bits per heavy atom. The second-order valence-corrected chi connectivity index (χ2v) is 4.82. The van der Waals surface area contributed by atoms with Crippen LogP contribution in [0.5, 0.6) is 0 Å². The molecule has 0 atom stereocenters. The van der Waals surface area contributed by atoms with Gasteiger partial charge >= 0.3 is 0 Å². The molecule has 0 saturated heterocycles. The van der Waals surface area contributed by atoms with Crippen LogP contribution in [0, 0.1) is 36.5 Å². The molecule has 1 heterocycles. The lowest BCUT2D eigenvalue weighted by Crippen LogP contribution is -2.15. The predicted octanol–water partition coefficient (Wildman–Crippen LogP) is 2.16. The number of rotatable bonds is 4. The van der Waals surface area contributed by atoms with Crippen molar-refractivity contribution in [3.8, 4) is 12.1 Å². The van der Waals surface area contributed by atoms with Gasteiger partial charge in [0.15, 0.2) is 0 Å². The van der Waals surface area contributed by atoms with E-state index in [0.29, 0.717) is 11.4 Å². The summed E-state index contributed by atoms with van der Waals surface area (Å²) >= 11 is 0. The maximum absolute atomic E-state index is 12.1. The Kier molecular flexibility index (Phi) is 5.17. The van der Waals surface area contributed by atoms with Crippen molar-refractivity contribution in [2.24, 2.45) is 5.10 Å². The average Bonchev–Trinajstić information content (AvgIpc) is 2.58. The fourth-order valence-corrected chi connectivity index (χ4v) is 1.77. The summed E-state index contributed by atoms with van der Waals surface area (Å²) in [6.45, 7) is 3.60. The molecule has 2 N–H and O–H groups in total. The zero-order valence-electron chi connectivity index (χ0n) is 13.0. The summed E-state index contributed by atoms with van der Waals surface area (Å²) in [6.07, 6.45) is 2.94. The van der Waals surface area contributed by atoms with Crippen LogP contribution in [-0.2, 0) is 0 Å². The van der Waals surface area contributed by atoms with Crippen LogP contribution in [0.1, 0.15) is 21.7 Å². The minimum absolute atomic E-state index is 0.222. The molecular weight excluding hydrogens is 306 g/mol. The number of anilines is 2. The van der Waals surface area contributed by atoms with E-state index < -0.39 is 0 Å². The molecular formula is C16H13N7O.